The fourth-order valence-corrected chi connectivity index (χ4v) is 3.61. The van der Waals surface area contributed by atoms with Gasteiger partial charge in [0.1, 0.15) is 0 Å². The van der Waals surface area contributed by atoms with Crippen LogP contribution in [0.4, 0.5) is 20.7 Å². The number of esters is 1. The van der Waals surface area contributed by atoms with Crippen molar-refractivity contribution in [2.75, 3.05) is 35.2 Å². The lowest BCUT2D eigenvalue weighted by Crippen LogP contribution is -2.29. The summed E-state index contributed by atoms with van der Waals surface area (Å²) < 4.78 is 4.92. The van der Waals surface area contributed by atoms with Crippen LogP contribution in [0.25, 0.3) is 0 Å². The Morgan fingerprint density at radius 2 is 1.85 bits per heavy atom. The maximum Gasteiger partial charge on any atom is 0.325 e. The van der Waals surface area contributed by atoms with Crippen molar-refractivity contribution in [2.45, 2.75) is 32.6 Å². The summed E-state index contributed by atoms with van der Waals surface area (Å²) in [7, 11) is 0. The SMILES string of the molecule is CCOC(=O)Cc1ccc(NC(=O)Nc2nnc(N3CCCCC3)s2)cc1. The molecule has 27 heavy (non-hydrogen) atoms. The molecule has 1 aromatic heterocycles. The number of benzene rings is 1. The molecule has 1 saturated heterocycles. The van der Waals surface area contributed by atoms with Crippen molar-refractivity contribution in [1.82, 2.24) is 10.2 Å². The molecular formula is C18H23N5O3S. The molecule has 0 aliphatic carbocycles. The van der Waals surface area contributed by atoms with Gasteiger partial charge in [0.2, 0.25) is 10.3 Å². The van der Waals surface area contributed by atoms with E-state index < -0.39 is 0 Å². The molecular weight excluding hydrogens is 366 g/mol. The molecule has 1 aliphatic heterocycles. The number of nitrogens with zero attached hydrogens (tertiary/aromatic N) is 3. The van der Waals surface area contributed by atoms with E-state index in [1.807, 2.05) is 0 Å². The monoisotopic (exact) mass is 389 g/mol. The third-order valence-electron chi connectivity index (χ3n) is 4.13. The molecule has 1 aromatic carbocycles. The summed E-state index contributed by atoms with van der Waals surface area (Å²) in [6, 6.07) is 6.67. The number of rotatable bonds is 6. The minimum absolute atomic E-state index is 0.213. The first-order valence-corrected chi connectivity index (χ1v) is 9.86. The molecule has 144 valence electrons. The summed E-state index contributed by atoms with van der Waals surface area (Å²) in [6.45, 7) is 4.11. The van der Waals surface area contributed by atoms with Gasteiger partial charge < -0.3 is 15.0 Å². The number of ether oxygens (including phenoxy) is 1. The Kier molecular flexibility index (Phi) is 6.59. The molecule has 2 heterocycles. The van der Waals surface area contributed by atoms with E-state index in [0.717, 1.165) is 36.6 Å². The predicted molar refractivity (Wildman–Crippen MR) is 105 cm³/mol. The fourth-order valence-electron chi connectivity index (χ4n) is 2.82. The maximum absolute atomic E-state index is 12.1. The van der Waals surface area contributed by atoms with Crippen molar-refractivity contribution in [3.63, 3.8) is 0 Å². The third-order valence-corrected chi connectivity index (χ3v) is 5.03. The molecule has 1 fully saturated rings. The molecule has 3 rings (SSSR count). The van der Waals surface area contributed by atoms with E-state index >= 15 is 0 Å². The fraction of sp³-hybridized carbons (Fsp3) is 0.444. The minimum Gasteiger partial charge on any atom is -0.466 e. The van der Waals surface area contributed by atoms with Gasteiger partial charge in [0.15, 0.2) is 0 Å². The number of piperidine rings is 1. The van der Waals surface area contributed by atoms with Gasteiger partial charge in [-0.25, -0.2) is 4.79 Å². The normalized spacial score (nSPS) is 13.9. The summed E-state index contributed by atoms with van der Waals surface area (Å²) >= 11 is 1.37. The van der Waals surface area contributed by atoms with Gasteiger partial charge in [-0.3, -0.25) is 10.1 Å². The second-order valence-electron chi connectivity index (χ2n) is 6.20. The highest BCUT2D eigenvalue weighted by atomic mass is 32.1. The minimum atomic E-state index is -0.380. The molecule has 2 N–H and O–H groups in total. The third kappa shape index (κ3) is 5.65. The van der Waals surface area contributed by atoms with E-state index in [2.05, 4.69) is 25.7 Å². The molecule has 1 aliphatic rings. The highest BCUT2D eigenvalue weighted by Crippen LogP contribution is 2.26. The van der Waals surface area contributed by atoms with Gasteiger partial charge in [-0.1, -0.05) is 23.5 Å². The highest BCUT2D eigenvalue weighted by molar-refractivity contribution is 7.19. The zero-order valence-electron chi connectivity index (χ0n) is 15.2. The lowest BCUT2D eigenvalue weighted by Gasteiger charge is -2.25. The van der Waals surface area contributed by atoms with E-state index in [1.165, 1.54) is 17.8 Å². The van der Waals surface area contributed by atoms with E-state index in [4.69, 9.17) is 4.74 Å². The standard InChI is InChI=1S/C18H23N5O3S/c1-2-26-15(24)12-13-6-8-14(9-7-13)19-16(25)20-17-21-22-18(27-17)23-10-4-3-5-11-23/h6-9H,2-5,10-12H2,1H3,(H2,19,20,21,25). The van der Waals surface area contributed by atoms with Crippen LogP contribution in [0, 0.1) is 0 Å². The number of nitrogens with one attached hydrogen (secondary N) is 2. The van der Waals surface area contributed by atoms with Crippen molar-refractivity contribution in [1.29, 1.82) is 0 Å². The summed E-state index contributed by atoms with van der Waals surface area (Å²) in [6.07, 6.45) is 3.79. The summed E-state index contributed by atoms with van der Waals surface area (Å²) in [4.78, 5) is 25.8. The Hall–Kier alpha value is -2.68. The molecule has 2 amide bonds. The van der Waals surface area contributed by atoms with Crippen LogP contribution in [-0.2, 0) is 16.0 Å². The molecule has 2 aromatic rings. The van der Waals surface area contributed by atoms with E-state index in [0.29, 0.717) is 17.4 Å². The van der Waals surface area contributed by atoms with Gasteiger partial charge >= 0.3 is 12.0 Å². The molecule has 0 atom stereocenters. The van der Waals surface area contributed by atoms with E-state index in [9.17, 15) is 9.59 Å². The lowest BCUT2D eigenvalue weighted by atomic mass is 10.1. The molecule has 9 heteroatoms. The largest absolute Gasteiger partial charge is 0.466 e. The van der Waals surface area contributed by atoms with Crippen molar-refractivity contribution < 1.29 is 14.3 Å². The zero-order chi connectivity index (χ0) is 19.1. The first kappa shape index (κ1) is 19.1. The summed E-state index contributed by atoms with van der Waals surface area (Å²) in [5.41, 5.74) is 1.45. The van der Waals surface area contributed by atoms with Gasteiger partial charge in [-0.2, -0.15) is 0 Å². The van der Waals surface area contributed by atoms with Crippen LogP contribution in [0.2, 0.25) is 0 Å². The topological polar surface area (TPSA) is 96.4 Å². The molecule has 0 saturated carbocycles. The van der Waals surface area contributed by atoms with Gasteiger partial charge in [0.05, 0.1) is 13.0 Å². The van der Waals surface area contributed by atoms with Crippen LogP contribution in [-0.4, -0.2) is 41.9 Å². The predicted octanol–water partition coefficient (Wildman–Crippen LogP) is 3.28. The van der Waals surface area contributed by atoms with Crippen molar-refractivity contribution in [2.24, 2.45) is 0 Å². The molecule has 0 bridgehead atoms. The van der Waals surface area contributed by atoms with Crippen molar-refractivity contribution in [3.8, 4) is 0 Å². The van der Waals surface area contributed by atoms with E-state index in [1.54, 1.807) is 31.2 Å². The summed E-state index contributed by atoms with van der Waals surface area (Å²) in [5, 5.41) is 15.0. The molecule has 8 nitrogen and oxygen atoms in total. The number of carbonyl (C=O) groups is 2. The highest BCUT2D eigenvalue weighted by Gasteiger charge is 2.16. The smallest absolute Gasteiger partial charge is 0.325 e. The molecule has 0 spiro atoms. The van der Waals surface area contributed by atoms with Gasteiger partial charge in [-0.05, 0) is 43.9 Å². The molecule has 0 unspecified atom stereocenters. The van der Waals surface area contributed by atoms with Crippen LogP contribution in [0.1, 0.15) is 31.7 Å². The number of amides is 2. The summed E-state index contributed by atoms with van der Waals surface area (Å²) in [5.74, 6) is -0.267. The van der Waals surface area contributed by atoms with Crippen molar-refractivity contribution >= 4 is 39.3 Å². The van der Waals surface area contributed by atoms with Gasteiger partial charge in [0, 0.05) is 18.8 Å². The molecule has 0 radical (unpaired) electrons. The second-order valence-corrected chi connectivity index (χ2v) is 7.15. The maximum atomic E-state index is 12.1. The Morgan fingerprint density at radius 3 is 2.56 bits per heavy atom. The van der Waals surface area contributed by atoms with Gasteiger partial charge in [-0.15, -0.1) is 10.2 Å². The number of anilines is 3. The van der Waals surface area contributed by atoms with Crippen molar-refractivity contribution in [3.05, 3.63) is 29.8 Å². The van der Waals surface area contributed by atoms with Gasteiger partial charge in [0.25, 0.3) is 0 Å². The quantitative estimate of drug-likeness (QED) is 0.736. The Bertz CT molecular complexity index is 772. The number of hydrogen-bond acceptors (Lipinski definition) is 7. The number of urea groups is 1. The van der Waals surface area contributed by atoms with E-state index in [-0.39, 0.29) is 18.4 Å². The van der Waals surface area contributed by atoms with Crippen LogP contribution in [0.3, 0.4) is 0 Å². The second kappa shape index (κ2) is 9.31. The lowest BCUT2D eigenvalue weighted by molar-refractivity contribution is -0.142. The van der Waals surface area contributed by atoms with Crippen LogP contribution in [0.5, 0.6) is 0 Å². The Morgan fingerprint density at radius 1 is 1.11 bits per heavy atom. The van der Waals surface area contributed by atoms with Crippen LogP contribution in [0.15, 0.2) is 24.3 Å². The van der Waals surface area contributed by atoms with Crippen LogP contribution >= 0.6 is 11.3 Å². The number of aromatic nitrogens is 2. The first-order chi connectivity index (χ1) is 13.1. The number of carbonyl (C=O) groups excluding carboxylic acids is 2. The van der Waals surface area contributed by atoms with Crippen LogP contribution < -0.4 is 15.5 Å². The first-order valence-electron chi connectivity index (χ1n) is 9.05. The average Bonchev–Trinajstić information content (AvgIpc) is 3.12. The zero-order valence-corrected chi connectivity index (χ0v) is 16.1. The Labute approximate surface area is 161 Å². The Balaban J connectivity index is 1.50. The average molecular weight is 389 g/mol. The number of hydrogen-bond donors (Lipinski definition) is 2.